The van der Waals surface area contributed by atoms with Gasteiger partial charge in [0.2, 0.25) is 11.7 Å². The van der Waals surface area contributed by atoms with E-state index in [1.165, 1.54) is 12.1 Å². The van der Waals surface area contributed by atoms with Gasteiger partial charge in [-0.25, -0.2) is 4.39 Å². The smallest absolute Gasteiger partial charge is 0.227 e. The van der Waals surface area contributed by atoms with E-state index in [1.807, 2.05) is 29.6 Å². The Hall–Kier alpha value is -2.05. The van der Waals surface area contributed by atoms with Crippen LogP contribution in [-0.2, 0) is 6.42 Å². The molecule has 3 aromatic rings. The lowest BCUT2D eigenvalue weighted by atomic mass is 10.1. The Balaban J connectivity index is 1.50. The summed E-state index contributed by atoms with van der Waals surface area (Å²) in [5.41, 5.74) is 1.11. The minimum absolute atomic E-state index is 0.202. The van der Waals surface area contributed by atoms with Crippen molar-refractivity contribution < 1.29 is 8.91 Å². The SMILES string of the molecule is C[C@@H](c1ccc(F)cc1)N(C)CCCc1nc(-c2cccs2)no1. The van der Waals surface area contributed by atoms with Crippen LogP contribution in [0.25, 0.3) is 10.7 Å². The lowest BCUT2D eigenvalue weighted by Crippen LogP contribution is -2.24. The van der Waals surface area contributed by atoms with Crippen molar-refractivity contribution in [3.8, 4) is 10.7 Å². The molecule has 2 aromatic heterocycles. The Morgan fingerprint density at radius 2 is 2.04 bits per heavy atom. The Bertz CT molecular complexity index is 755. The molecule has 0 fully saturated rings. The number of rotatable bonds is 7. The fourth-order valence-corrected chi connectivity index (χ4v) is 3.18. The van der Waals surface area contributed by atoms with E-state index in [4.69, 9.17) is 4.52 Å². The van der Waals surface area contributed by atoms with Gasteiger partial charge in [0, 0.05) is 12.5 Å². The van der Waals surface area contributed by atoms with E-state index in [-0.39, 0.29) is 11.9 Å². The molecule has 0 amide bonds. The van der Waals surface area contributed by atoms with Gasteiger partial charge in [-0.05, 0) is 56.1 Å². The minimum Gasteiger partial charge on any atom is -0.339 e. The molecule has 0 saturated carbocycles. The Morgan fingerprint density at radius 1 is 1.25 bits per heavy atom. The summed E-state index contributed by atoms with van der Waals surface area (Å²) >= 11 is 1.60. The molecule has 126 valence electrons. The first-order valence-electron chi connectivity index (χ1n) is 7.95. The second-order valence-electron chi connectivity index (χ2n) is 5.80. The van der Waals surface area contributed by atoms with Gasteiger partial charge in [-0.2, -0.15) is 4.98 Å². The van der Waals surface area contributed by atoms with Gasteiger partial charge in [0.05, 0.1) is 4.88 Å². The average molecular weight is 345 g/mol. The highest BCUT2D eigenvalue weighted by Gasteiger charge is 2.13. The predicted molar refractivity (Wildman–Crippen MR) is 93.4 cm³/mol. The van der Waals surface area contributed by atoms with Crippen LogP contribution >= 0.6 is 11.3 Å². The van der Waals surface area contributed by atoms with Crippen LogP contribution in [0.3, 0.4) is 0 Å². The predicted octanol–water partition coefficient (Wildman–Crippen LogP) is 4.56. The van der Waals surface area contributed by atoms with E-state index < -0.39 is 0 Å². The highest BCUT2D eigenvalue weighted by atomic mass is 32.1. The summed E-state index contributed by atoms with van der Waals surface area (Å²) in [6, 6.07) is 10.9. The first-order chi connectivity index (χ1) is 11.6. The average Bonchev–Trinajstić information content (AvgIpc) is 3.26. The lowest BCUT2D eigenvalue weighted by Gasteiger charge is -2.24. The van der Waals surface area contributed by atoms with Gasteiger partial charge in [-0.1, -0.05) is 23.4 Å². The van der Waals surface area contributed by atoms with Gasteiger partial charge in [0.25, 0.3) is 0 Å². The molecule has 0 aliphatic carbocycles. The van der Waals surface area contributed by atoms with Crippen LogP contribution in [-0.4, -0.2) is 28.6 Å². The first kappa shape index (κ1) is 16.8. The number of benzene rings is 1. The zero-order valence-corrected chi connectivity index (χ0v) is 14.6. The first-order valence-corrected chi connectivity index (χ1v) is 8.83. The number of halogens is 1. The van der Waals surface area contributed by atoms with Crippen LogP contribution in [0.2, 0.25) is 0 Å². The Labute approximate surface area is 144 Å². The maximum Gasteiger partial charge on any atom is 0.227 e. The number of aromatic nitrogens is 2. The molecule has 0 saturated heterocycles. The summed E-state index contributed by atoms with van der Waals surface area (Å²) in [6.45, 7) is 3.02. The molecule has 3 rings (SSSR count). The standard InChI is InChI=1S/C18H20FN3OS/c1-13(14-7-9-15(19)10-8-14)22(2)11-3-6-17-20-18(21-23-17)16-5-4-12-24-16/h4-5,7-10,12-13H,3,6,11H2,1-2H3/t13-/m0/s1. The molecule has 0 aliphatic rings. The van der Waals surface area contributed by atoms with E-state index in [9.17, 15) is 4.39 Å². The second kappa shape index (κ2) is 7.68. The maximum atomic E-state index is 13.0. The van der Waals surface area contributed by atoms with Crippen LogP contribution in [0, 0.1) is 5.82 Å². The highest BCUT2D eigenvalue weighted by Crippen LogP contribution is 2.22. The van der Waals surface area contributed by atoms with E-state index >= 15 is 0 Å². The van der Waals surface area contributed by atoms with Gasteiger partial charge in [0.15, 0.2) is 0 Å². The molecule has 1 aromatic carbocycles. The molecule has 0 radical (unpaired) electrons. The summed E-state index contributed by atoms with van der Waals surface area (Å²) in [4.78, 5) is 7.70. The Kier molecular flexibility index (Phi) is 5.37. The summed E-state index contributed by atoms with van der Waals surface area (Å²) in [5, 5.41) is 6.02. The van der Waals surface area contributed by atoms with Crippen molar-refractivity contribution >= 4 is 11.3 Å². The van der Waals surface area contributed by atoms with Crippen LogP contribution in [0.15, 0.2) is 46.3 Å². The summed E-state index contributed by atoms with van der Waals surface area (Å²) in [7, 11) is 2.07. The normalized spacial score (nSPS) is 12.7. The van der Waals surface area contributed by atoms with Crippen molar-refractivity contribution in [1.82, 2.24) is 15.0 Å². The van der Waals surface area contributed by atoms with Gasteiger partial charge < -0.3 is 4.52 Å². The molecule has 1 atom stereocenters. The third-order valence-corrected chi connectivity index (χ3v) is 4.99. The van der Waals surface area contributed by atoms with Crippen LogP contribution in [0.5, 0.6) is 0 Å². The van der Waals surface area contributed by atoms with Gasteiger partial charge in [-0.3, -0.25) is 4.90 Å². The van der Waals surface area contributed by atoms with E-state index in [0.717, 1.165) is 29.8 Å². The molecule has 2 heterocycles. The number of thiophene rings is 1. The molecular weight excluding hydrogens is 325 g/mol. The molecule has 0 N–H and O–H groups in total. The molecule has 0 aliphatic heterocycles. The van der Waals surface area contributed by atoms with Crippen molar-refractivity contribution in [2.24, 2.45) is 0 Å². The molecular formula is C18H20FN3OS. The van der Waals surface area contributed by atoms with Crippen molar-refractivity contribution in [2.45, 2.75) is 25.8 Å². The van der Waals surface area contributed by atoms with E-state index in [0.29, 0.717) is 11.7 Å². The van der Waals surface area contributed by atoms with Crippen LogP contribution in [0.4, 0.5) is 4.39 Å². The Morgan fingerprint density at radius 3 is 2.75 bits per heavy atom. The van der Waals surface area contributed by atoms with E-state index in [2.05, 4.69) is 29.0 Å². The second-order valence-corrected chi connectivity index (χ2v) is 6.75. The molecule has 4 nitrogen and oxygen atoms in total. The maximum absolute atomic E-state index is 13.0. The summed E-state index contributed by atoms with van der Waals surface area (Å²) in [5.74, 6) is 1.13. The third-order valence-electron chi connectivity index (χ3n) is 4.12. The minimum atomic E-state index is -0.202. The van der Waals surface area contributed by atoms with Crippen molar-refractivity contribution in [1.29, 1.82) is 0 Å². The van der Waals surface area contributed by atoms with Crippen molar-refractivity contribution in [3.63, 3.8) is 0 Å². The summed E-state index contributed by atoms with van der Waals surface area (Å²) in [6.07, 6.45) is 1.67. The van der Waals surface area contributed by atoms with E-state index in [1.54, 1.807) is 11.3 Å². The monoisotopic (exact) mass is 345 g/mol. The fraction of sp³-hybridized carbons (Fsp3) is 0.333. The zero-order chi connectivity index (χ0) is 16.9. The van der Waals surface area contributed by atoms with Crippen molar-refractivity contribution in [3.05, 3.63) is 59.0 Å². The van der Waals surface area contributed by atoms with Gasteiger partial charge in [0.1, 0.15) is 5.82 Å². The number of aryl methyl sites for hydroxylation is 1. The number of hydrogen-bond donors (Lipinski definition) is 0. The van der Waals surface area contributed by atoms with Gasteiger partial charge >= 0.3 is 0 Å². The topological polar surface area (TPSA) is 42.2 Å². The van der Waals surface area contributed by atoms with Crippen LogP contribution < -0.4 is 0 Å². The lowest BCUT2D eigenvalue weighted by molar-refractivity contribution is 0.253. The highest BCUT2D eigenvalue weighted by molar-refractivity contribution is 7.13. The van der Waals surface area contributed by atoms with Crippen LogP contribution in [0.1, 0.15) is 30.8 Å². The molecule has 6 heteroatoms. The largest absolute Gasteiger partial charge is 0.339 e. The van der Waals surface area contributed by atoms with Crippen molar-refractivity contribution in [2.75, 3.05) is 13.6 Å². The molecule has 0 spiro atoms. The zero-order valence-electron chi connectivity index (χ0n) is 13.8. The summed E-state index contributed by atoms with van der Waals surface area (Å²) < 4.78 is 18.3. The molecule has 0 unspecified atom stereocenters. The fourth-order valence-electron chi connectivity index (χ4n) is 2.53. The number of hydrogen-bond acceptors (Lipinski definition) is 5. The molecule has 0 bridgehead atoms. The molecule has 24 heavy (non-hydrogen) atoms. The number of nitrogens with zero attached hydrogens (tertiary/aromatic N) is 3. The third kappa shape index (κ3) is 4.07. The quantitative estimate of drug-likeness (QED) is 0.629. The van der Waals surface area contributed by atoms with Gasteiger partial charge in [-0.15, -0.1) is 11.3 Å².